The molecule has 1 fully saturated rings. The van der Waals surface area contributed by atoms with E-state index >= 15 is 0 Å². The van der Waals surface area contributed by atoms with Crippen LogP contribution in [0.4, 0.5) is 0 Å². The first-order valence-corrected chi connectivity index (χ1v) is 9.03. The van der Waals surface area contributed by atoms with Gasteiger partial charge in [0, 0.05) is 6.42 Å². The van der Waals surface area contributed by atoms with Gasteiger partial charge in [0.2, 0.25) is 0 Å². The van der Waals surface area contributed by atoms with Crippen molar-refractivity contribution in [2.75, 3.05) is 0 Å². The van der Waals surface area contributed by atoms with Gasteiger partial charge in [-0.05, 0) is 11.8 Å². The number of hydrogen-bond acceptors (Lipinski definition) is 3. The van der Waals surface area contributed by atoms with E-state index < -0.39 is 26.7 Å². The van der Waals surface area contributed by atoms with Gasteiger partial charge in [-0.25, -0.2) is 0 Å². The third-order valence-electron chi connectivity index (χ3n) is 3.63. The molecule has 0 saturated heterocycles. The van der Waals surface area contributed by atoms with Gasteiger partial charge in [0.1, 0.15) is 0 Å². The van der Waals surface area contributed by atoms with Crippen LogP contribution in [0.15, 0.2) is 0 Å². The zero-order valence-corrected chi connectivity index (χ0v) is 11.9. The van der Waals surface area contributed by atoms with Crippen LogP contribution in [0, 0.1) is 11.8 Å². The van der Waals surface area contributed by atoms with Crippen LogP contribution in [0.5, 0.6) is 0 Å². The van der Waals surface area contributed by atoms with Crippen molar-refractivity contribution in [2.45, 2.75) is 44.1 Å². The van der Waals surface area contributed by atoms with Crippen LogP contribution in [0.2, 0.25) is 0 Å². The lowest BCUT2D eigenvalue weighted by molar-refractivity contribution is 0.0948. The van der Waals surface area contributed by atoms with Crippen LogP contribution >= 0.6 is 15.2 Å². The van der Waals surface area contributed by atoms with Gasteiger partial charge in [-0.15, -0.1) is 0 Å². The molecule has 1 aliphatic rings. The van der Waals surface area contributed by atoms with Gasteiger partial charge in [0.05, 0.1) is 0 Å². The summed E-state index contributed by atoms with van der Waals surface area (Å²) < 4.78 is 22.4. The maximum absolute atomic E-state index is 11.2. The molecule has 1 saturated carbocycles. The molecule has 0 unspecified atom stereocenters. The highest BCUT2D eigenvalue weighted by molar-refractivity contribution is 7.72. The Bertz CT molecular complexity index is 354. The van der Waals surface area contributed by atoms with Gasteiger partial charge in [-0.1, -0.05) is 32.6 Å². The SMILES string of the molecule is CC1CCC(CC(O)(P(=O)(O)O)P(=O)(O)O)CC1. The summed E-state index contributed by atoms with van der Waals surface area (Å²) >= 11 is 0. The largest absolute Gasteiger partial charge is 0.369 e. The minimum Gasteiger partial charge on any atom is -0.368 e. The fourth-order valence-electron chi connectivity index (χ4n) is 2.33. The monoisotopic (exact) mass is 302 g/mol. The Morgan fingerprint density at radius 1 is 1.00 bits per heavy atom. The molecule has 7 nitrogen and oxygen atoms in total. The smallest absolute Gasteiger partial charge is 0.368 e. The first-order chi connectivity index (χ1) is 7.97. The second kappa shape index (κ2) is 5.33. The molecule has 0 amide bonds. The maximum atomic E-state index is 11.2. The molecule has 0 radical (unpaired) electrons. The Hall–Kier alpha value is 0.260. The van der Waals surface area contributed by atoms with Gasteiger partial charge >= 0.3 is 15.2 Å². The summed E-state index contributed by atoms with van der Waals surface area (Å²) in [4.78, 5) is 36.1. The highest BCUT2D eigenvalue weighted by Crippen LogP contribution is 2.70. The van der Waals surface area contributed by atoms with E-state index in [-0.39, 0.29) is 5.92 Å². The number of hydrogen-bond donors (Lipinski definition) is 5. The van der Waals surface area contributed by atoms with Crippen molar-refractivity contribution < 1.29 is 33.8 Å². The van der Waals surface area contributed by atoms with E-state index in [1.165, 1.54) is 0 Å². The van der Waals surface area contributed by atoms with E-state index in [0.29, 0.717) is 18.8 Å². The number of aliphatic hydroxyl groups is 1. The molecule has 0 atom stereocenters. The predicted octanol–water partition coefficient (Wildman–Crippen LogP) is 1.20. The minimum atomic E-state index is -5.30. The van der Waals surface area contributed by atoms with Gasteiger partial charge < -0.3 is 24.7 Å². The molecule has 0 aliphatic heterocycles. The molecule has 9 heteroatoms. The first-order valence-electron chi connectivity index (χ1n) is 5.81. The Kier molecular flexibility index (Phi) is 4.83. The molecule has 0 bridgehead atoms. The minimum absolute atomic E-state index is 0.272. The lowest BCUT2D eigenvalue weighted by Crippen LogP contribution is -2.32. The average molecular weight is 302 g/mol. The molecule has 108 valence electrons. The Balaban J connectivity index is 2.88. The fourth-order valence-corrected chi connectivity index (χ4v) is 4.68. The summed E-state index contributed by atoms with van der Waals surface area (Å²) in [5.74, 6) is 0.228. The van der Waals surface area contributed by atoms with Gasteiger partial charge in [0.15, 0.2) is 0 Å². The van der Waals surface area contributed by atoms with Crippen LogP contribution in [-0.2, 0) is 9.13 Å². The second-order valence-corrected chi connectivity index (χ2v) is 9.20. The molecule has 0 heterocycles. The topological polar surface area (TPSA) is 135 Å². The second-order valence-electron chi connectivity index (χ2n) is 5.19. The quantitative estimate of drug-likeness (QED) is 0.492. The fraction of sp³-hybridized carbons (Fsp3) is 1.00. The van der Waals surface area contributed by atoms with Crippen molar-refractivity contribution in [1.29, 1.82) is 0 Å². The van der Waals surface area contributed by atoms with Crippen molar-refractivity contribution in [2.24, 2.45) is 11.8 Å². The number of rotatable bonds is 4. The average Bonchev–Trinajstić information content (AvgIpc) is 2.18. The summed E-state index contributed by atoms with van der Waals surface area (Å²) in [6, 6.07) is 0. The third-order valence-corrected chi connectivity index (χ3v) is 7.43. The molecule has 5 N–H and O–H groups in total. The summed E-state index contributed by atoms with van der Waals surface area (Å²) in [5, 5.41) is 6.53. The van der Waals surface area contributed by atoms with Crippen LogP contribution < -0.4 is 0 Å². The summed E-state index contributed by atoms with van der Waals surface area (Å²) in [6.45, 7) is 2.05. The molecule has 0 spiro atoms. The van der Waals surface area contributed by atoms with Crippen molar-refractivity contribution in [3.05, 3.63) is 0 Å². The van der Waals surface area contributed by atoms with Crippen molar-refractivity contribution in [3.63, 3.8) is 0 Å². The molecule has 1 rings (SSSR count). The summed E-state index contributed by atoms with van der Waals surface area (Å²) in [6.07, 6.45) is 2.34. The summed E-state index contributed by atoms with van der Waals surface area (Å²) in [7, 11) is -10.6. The Labute approximate surface area is 106 Å². The van der Waals surface area contributed by atoms with Crippen molar-refractivity contribution in [3.8, 4) is 0 Å². The van der Waals surface area contributed by atoms with E-state index in [2.05, 4.69) is 0 Å². The van der Waals surface area contributed by atoms with Crippen LogP contribution in [0.25, 0.3) is 0 Å². The zero-order valence-electron chi connectivity index (χ0n) is 10.1. The van der Waals surface area contributed by atoms with E-state index in [1.807, 2.05) is 6.92 Å². The normalized spacial score (nSPS) is 27.2. The lowest BCUT2D eigenvalue weighted by Gasteiger charge is -2.35. The molecule has 0 aromatic heterocycles. The van der Waals surface area contributed by atoms with Gasteiger partial charge in [-0.2, -0.15) is 0 Å². The summed E-state index contributed by atoms with van der Waals surface area (Å²) in [5.41, 5.74) is 0. The lowest BCUT2D eigenvalue weighted by atomic mass is 9.81. The molecule has 0 aromatic carbocycles. The van der Waals surface area contributed by atoms with Crippen LogP contribution in [-0.4, -0.2) is 29.8 Å². The third kappa shape index (κ3) is 3.42. The van der Waals surface area contributed by atoms with Crippen molar-refractivity contribution >= 4 is 15.2 Å². The molecule has 18 heavy (non-hydrogen) atoms. The Morgan fingerprint density at radius 2 is 1.39 bits per heavy atom. The maximum Gasteiger partial charge on any atom is 0.369 e. The van der Waals surface area contributed by atoms with Gasteiger partial charge in [0.25, 0.3) is 5.08 Å². The first kappa shape index (κ1) is 16.3. The predicted molar refractivity (Wildman–Crippen MR) is 64.8 cm³/mol. The molecular formula is C9H20O7P2. The molecule has 0 aromatic rings. The van der Waals surface area contributed by atoms with Crippen molar-refractivity contribution in [1.82, 2.24) is 0 Å². The highest BCUT2D eigenvalue weighted by atomic mass is 31.2. The van der Waals surface area contributed by atoms with E-state index in [4.69, 9.17) is 19.6 Å². The van der Waals surface area contributed by atoms with E-state index in [9.17, 15) is 14.2 Å². The van der Waals surface area contributed by atoms with E-state index in [0.717, 1.165) is 12.8 Å². The van der Waals surface area contributed by atoms with Crippen LogP contribution in [0.3, 0.4) is 0 Å². The molecule has 1 aliphatic carbocycles. The molecular weight excluding hydrogens is 282 g/mol. The standard InChI is InChI=1S/C9H20O7P2/c1-7-2-4-8(5-3-7)6-9(10,17(11,12)13)18(14,15)16/h7-8,10H,2-6H2,1H3,(H2,11,12,13)(H2,14,15,16). The van der Waals surface area contributed by atoms with Crippen LogP contribution in [0.1, 0.15) is 39.0 Å². The highest BCUT2D eigenvalue weighted by Gasteiger charge is 2.59. The Morgan fingerprint density at radius 3 is 1.72 bits per heavy atom. The van der Waals surface area contributed by atoms with Gasteiger partial charge in [-0.3, -0.25) is 9.13 Å². The zero-order chi connectivity index (χ0) is 14.2. The van der Waals surface area contributed by atoms with E-state index in [1.54, 1.807) is 0 Å².